The molecule has 2 heterocycles. The second-order valence-electron chi connectivity index (χ2n) is 10.6. The summed E-state index contributed by atoms with van der Waals surface area (Å²) in [6.07, 6.45) is 5.12. The Balaban J connectivity index is 1.54. The summed E-state index contributed by atoms with van der Waals surface area (Å²) in [5, 5.41) is 12.7. The number of fused-ring (bicyclic) bond motifs is 2. The van der Waals surface area contributed by atoms with Crippen molar-refractivity contribution in [3.8, 4) is 6.07 Å². The van der Waals surface area contributed by atoms with Crippen LogP contribution in [0.2, 0.25) is 5.02 Å². The van der Waals surface area contributed by atoms with Crippen molar-refractivity contribution in [2.24, 2.45) is 16.3 Å². The second kappa shape index (κ2) is 9.30. The first-order valence-electron chi connectivity index (χ1n) is 12.2. The monoisotopic (exact) mass is 499 g/mol. The summed E-state index contributed by atoms with van der Waals surface area (Å²) in [6, 6.07) is 18.9. The van der Waals surface area contributed by atoms with Crippen LogP contribution in [0.15, 0.2) is 53.5 Å². The largest absolute Gasteiger partial charge is 0.340 e. The van der Waals surface area contributed by atoms with E-state index in [4.69, 9.17) is 16.6 Å². The number of nitrogens with zero attached hydrogens (tertiary/aromatic N) is 3. The zero-order valence-electron chi connectivity index (χ0n) is 20.7. The van der Waals surface area contributed by atoms with E-state index in [-0.39, 0.29) is 5.41 Å². The number of nitriles is 1. The third-order valence-electron chi connectivity index (χ3n) is 7.46. The zero-order valence-corrected chi connectivity index (χ0v) is 22.3. The summed E-state index contributed by atoms with van der Waals surface area (Å²) in [6.45, 7) is 9.80. The SMILES string of the molecule is Cc1c(C=Nc2sc3c(c2C#N)CC[C@H](C(C)(C)C)C3)c2ccccc2n1Cc1ccccc1Cl. The molecule has 1 aliphatic carbocycles. The topological polar surface area (TPSA) is 41.1 Å². The van der Waals surface area contributed by atoms with Gasteiger partial charge >= 0.3 is 0 Å². The van der Waals surface area contributed by atoms with Crippen LogP contribution in [-0.2, 0) is 19.4 Å². The van der Waals surface area contributed by atoms with Crippen LogP contribution in [0.25, 0.3) is 10.9 Å². The first-order valence-corrected chi connectivity index (χ1v) is 13.4. The quantitative estimate of drug-likeness (QED) is 0.259. The highest BCUT2D eigenvalue weighted by molar-refractivity contribution is 7.16. The van der Waals surface area contributed by atoms with Crippen LogP contribution in [0.3, 0.4) is 0 Å². The Bertz CT molecular complexity index is 1480. The molecular weight excluding hydrogens is 470 g/mol. The summed E-state index contributed by atoms with van der Waals surface area (Å²) < 4.78 is 2.30. The normalized spacial score (nSPS) is 16.1. The molecule has 4 aromatic rings. The lowest BCUT2D eigenvalue weighted by atomic mass is 9.72. The molecule has 2 aromatic carbocycles. The van der Waals surface area contributed by atoms with Gasteiger partial charge in [0.2, 0.25) is 0 Å². The molecule has 0 radical (unpaired) electrons. The average molecular weight is 500 g/mol. The van der Waals surface area contributed by atoms with Gasteiger partial charge in [0, 0.05) is 44.8 Å². The third-order valence-corrected chi connectivity index (χ3v) is 8.99. The lowest BCUT2D eigenvalue weighted by Crippen LogP contribution is -2.26. The molecule has 0 unspecified atom stereocenters. The third kappa shape index (κ3) is 4.44. The van der Waals surface area contributed by atoms with Gasteiger partial charge in [0.05, 0.1) is 5.56 Å². The Labute approximate surface area is 216 Å². The van der Waals surface area contributed by atoms with E-state index < -0.39 is 0 Å². The van der Waals surface area contributed by atoms with E-state index in [0.717, 1.165) is 62.6 Å². The number of halogens is 1. The van der Waals surface area contributed by atoms with Gasteiger partial charge in [-0.1, -0.05) is 68.8 Å². The van der Waals surface area contributed by atoms with Crippen LogP contribution in [0.1, 0.15) is 60.0 Å². The first-order chi connectivity index (χ1) is 16.8. The smallest absolute Gasteiger partial charge is 0.134 e. The fourth-order valence-electron chi connectivity index (χ4n) is 5.26. The van der Waals surface area contributed by atoms with Crippen LogP contribution in [0.4, 0.5) is 5.00 Å². The number of hydrogen-bond acceptors (Lipinski definition) is 3. The van der Waals surface area contributed by atoms with Crippen LogP contribution in [0.5, 0.6) is 0 Å². The molecule has 0 N–H and O–H groups in total. The van der Waals surface area contributed by atoms with Crippen molar-refractivity contribution in [2.45, 2.75) is 53.5 Å². The summed E-state index contributed by atoms with van der Waals surface area (Å²) in [5.74, 6) is 0.641. The van der Waals surface area contributed by atoms with Crippen molar-refractivity contribution in [3.05, 3.63) is 86.4 Å². The van der Waals surface area contributed by atoms with Crippen molar-refractivity contribution in [3.63, 3.8) is 0 Å². The van der Waals surface area contributed by atoms with Gasteiger partial charge in [-0.2, -0.15) is 5.26 Å². The summed E-state index contributed by atoms with van der Waals surface area (Å²) >= 11 is 8.18. The molecule has 0 bridgehead atoms. The summed E-state index contributed by atoms with van der Waals surface area (Å²) in [7, 11) is 0. The van der Waals surface area contributed by atoms with Gasteiger partial charge in [-0.15, -0.1) is 11.3 Å². The van der Waals surface area contributed by atoms with E-state index in [1.807, 2.05) is 24.4 Å². The average Bonchev–Trinajstić information content (AvgIpc) is 3.32. The number of benzene rings is 2. The number of aliphatic imine (C=N–C) groups is 1. The molecule has 2 aromatic heterocycles. The molecule has 3 nitrogen and oxygen atoms in total. The van der Waals surface area contributed by atoms with Gasteiger partial charge in [0.1, 0.15) is 11.1 Å². The lowest BCUT2D eigenvalue weighted by Gasteiger charge is -2.33. The maximum Gasteiger partial charge on any atom is 0.134 e. The molecule has 0 saturated carbocycles. The maximum absolute atomic E-state index is 9.97. The van der Waals surface area contributed by atoms with Gasteiger partial charge in [-0.05, 0) is 60.8 Å². The summed E-state index contributed by atoms with van der Waals surface area (Å²) in [5.41, 5.74) is 6.75. The van der Waals surface area contributed by atoms with E-state index in [9.17, 15) is 5.26 Å². The molecule has 0 aliphatic heterocycles. The van der Waals surface area contributed by atoms with Crippen LogP contribution in [0, 0.1) is 29.6 Å². The molecule has 5 rings (SSSR count). The maximum atomic E-state index is 9.97. The lowest BCUT2D eigenvalue weighted by molar-refractivity contribution is 0.218. The Morgan fingerprint density at radius 2 is 1.91 bits per heavy atom. The van der Waals surface area contributed by atoms with Crippen LogP contribution in [-0.4, -0.2) is 10.8 Å². The number of rotatable bonds is 4. The Hall–Kier alpha value is -2.87. The minimum Gasteiger partial charge on any atom is -0.340 e. The molecule has 0 fully saturated rings. The molecule has 1 aliphatic rings. The Kier molecular flexibility index (Phi) is 6.34. The molecule has 1 atom stereocenters. The molecule has 35 heavy (non-hydrogen) atoms. The molecular formula is C30H30ClN3S. The van der Waals surface area contributed by atoms with Crippen molar-refractivity contribution < 1.29 is 0 Å². The predicted octanol–water partition coefficient (Wildman–Crippen LogP) is 8.49. The molecule has 0 saturated heterocycles. The second-order valence-corrected chi connectivity index (χ2v) is 12.0. The molecule has 178 valence electrons. The fraction of sp³-hybridized carbons (Fsp3) is 0.333. The molecule has 0 amide bonds. The van der Waals surface area contributed by atoms with E-state index in [0.29, 0.717) is 12.5 Å². The van der Waals surface area contributed by atoms with Gasteiger partial charge in [0.15, 0.2) is 0 Å². The minimum atomic E-state index is 0.276. The van der Waals surface area contributed by atoms with Gasteiger partial charge in [-0.25, -0.2) is 4.99 Å². The van der Waals surface area contributed by atoms with Crippen molar-refractivity contribution in [2.75, 3.05) is 0 Å². The summed E-state index contributed by atoms with van der Waals surface area (Å²) in [4.78, 5) is 6.27. The highest BCUT2D eigenvalue weighted by atomic mass is 35.5. The number of thiophene rings is 1. The Morgan fingerprint density at radius 1 is 1.17 bits per heavy atom. The van der Waals surface area contributed by atoms with Gasteiger partial charge in [0.25, 0.3) is 0 Å². The van der Waals surface area contributed by atoms with Gasteiger partial charge in [-0.3, -0.25) is 0 Å². The van der Waals surface area contributed by atoms with Crippen LogP contribution < -0.4 is 0 Å². The van der Waals surface area contributed by atoms with E-state index >= 15 is 0 Å². The van der Waals surface area contributed by atoms with Crippen molar-refractivity contribution in [1.82, 2.24) is 4.57 Å². The number of hydrogen-bond donors (Lipinski definition) is 0. The van der Waals surface area contributed by atoms with Crippen molar-refractivity contribution in [1.29, 1.82) is 5.26 Å². The minimum absolute atomic E-state index is 0.276. The van der Waals surface area contributed by atoms with Crippen molar-refractivity contribution >= 4 is 45.1 Å². The standard InChI is InChI=1S/C30H30ClN3S/c1-19-25(22-10-6-8-12-27(22)34(19)18-20-9-5-7-11-26(20)31)17-33-29-24(16-32)23-14-13-21(30(2,3)4)15-28(23)35-29/h5-12,17,21H,13-15,18H2,1-4H3/t21-/m0/s1. The zero-order chi connectivity index (χ0) is 24.7. The van der Waals surface area contributed by atoms with Crippen LogP contribution >= 0.6 is 22.9 Å². The molecule has 5 heteroatoms. The number of aromatic nitrogens is 1. The highest BCUT2D eigenvalue weighted by Crippen LogP contribution is 2.45. The Morgan fingerprint density at radius 3 is 2.66 bits per heavy atom. The van der Waals surface area contributed by atoms with Gasteiger partial charge < -0.3 is 4.57 Å². The first kappa shape index (κ1) is 23.9. The highest BCUT2D eigenvalue weighted by Gasteiger charge is 2.32. The van der Waals surface area contributed by atoms with E-state index in [2.05, 4.69) is 68.7 Å². The fourth-order valence-corrected chi connectivity index (χ4v) is 6.68. The van der Waals surface area contributed by atoms with E-state index in [1.165, 1.54) is 10.4 Å². The predicted molar refractivity (Wildman–Crippen MR) is 148 cm³/mol. The van der Waals surface area contributed by atoms with E-state index in [1.54, 1.807) is 11.3 Å². The number of para-hydroxylation sites is 1. The molecule has 0 spiro atoms.